The Bertz CT molecular complexity index is 1280. The van der Waals surface area contributed by atoms with Gasteiger partial charge in [0.25, 0.3) is 5.91 Å². The summed E-state index contributed by atoms with van der Waals surface area (Å²) in [6.07, 6.45) is 9.81. The van der Waals surface area contributed by atoms with Crippen molar-refractivity contribution in [2.75, 3.05) is 11.1 Å². The Hall–Kier alpha value is -3.18. The molecule has 11 heteroatoms. The predicted molar refractivity (Wildman–Crippen MR) is 129 cm³/mol. The van der Waals surface area contributed by atoms with Crippen molar-refractivity contribution in [2.24, 2.45) is 10.9 Å². The van der Waals surface area contributed by atoms with E-state index in [0.717, 1.165) is 30.1 Å². The van der Waals surface area contributed by atoms with Crippen LogP contribution >= 0.6 is 11.8 Å². The maximum Gasteiger partial charge on any atom is 0.275 e. The molecule has 0 bridgehead atoms. The van der Waals surface area contributed by atoms with Crippen LogP contribution in [0.5, 0.6) is 0 Å². The largest absolute Gasteiger partial charge is 0.375 e. The highest BCUT2D eigenvalue weighted by Gasteiger charge is 2.52. The van der Waals surface area contributed by atoms with Crippen molar-refractivity contribution >= 4 is 28.4 Å². The number of anilines is 1. The highest BCUT2D eigenvalue weighted by Crippen LogP contribution is 2.53. The normalized spacial score (nSPS) is 25.7. The van der Waals surface area contributed by atoms with Crippen LogP contribution in [0.2, 0.25) is 0 Å². The van der Waals surface area contributed by atoms with Crippen LogP contribution in [-0.2, 0) is 10.3 Å². The second-order valence-corrected chi connectivity index (χ2v) is 10.4. The van der Waals surface area contributed by atoms with Crippen LogP contribution in [0.25, 0.3) is 5.82 Å². The summed E-state index contributed by atoms with van der Waals surface area (Å²) in [4.78, 5) is 30.1. The van der Waals surface area contributed by atoms with Gasteiger partial charge in [-0.2, -0.15) is 5.10 Å². The minimum Gasteiger partial charge on any atom is -0.375 e. The van der Waals surface area contributed by atoms with E-state index in [1.807, 2.05) is 6.92 Å². The van der Waals surface area contributed by atoms with Gasteiger partial charge < -0.3 is 10.1 Å². The van der Waals surface area contributed by atoms with Crippen LogP contribution in [0, 0.1) is 11.7 Å². The van der Waals surface area contributed by atoms with Gasteiger partial charge in [-0.25, -0.2) is 24.0 Å². The van der Waals surface area contributed by atoms with Gasteiger partial charge in [0.1, 0.15) is 24.2 Å². The van der Waals surface area contributed by atoms with E-state index < -0.39 is 11.4 Å². The van der Waals surface area contributed by atoms with Gasteiger partial charge in [0.2, 0.25) is 0 Å². The molecule has 0 spiro atoms. The number of hydrogen-bond donors (Lipinski definition) is 1. The molecule has 3 heterocycles. The van der Waals surface area contributed by atoms with Crippen molar-refractivity contribution in [3.05, 3.63) is 60.3 Å². The molecule has 3 aliphatic rings. The molecule has 3 aromatic rings. The number of halogens is 1. The van der Waals surface area contributed by atoms with Crippen molar-refractivity contribution in [2.45, 2.75) is 50.4 Å². The molecule has 0 radical (unpaired) electrons. The second kappa shape index (κ2) is 8.80. The number of carbonyl (C=O) groups excluding carboxylic acids is 1. The van der Waals surface area contributed by atoms with Crippen molar-refractivity contribution in [3.8, 4) is 5.82 Å². The zero-order valence-corrected chi connectivity index (χ0v) is 19.9. The van der Waals surface area contributed by atoms with Gasteiger partial charge in [-0.1, -0.05) is 0 Å². The molecule has 2 saturated carbocycles. The minimum atomic E-state index is -0.682. The number of fused-ring (bicyclic) bond motifs is 1. The molecule has 1 aliphatic heterocycles. The molecular weight excluding hydrogens is 469 g/mol. The first kappa shape index (κ1) is 22.3. The van der Waals surface area contributed by atoms with Crippen LogP contribution in [-0.4, -0.2) is 53.6 Å². The lowest BCUT2D eigenvalue weighted by atomic mass is 9.81. The minimum absolute atomic E-state index is 0.0687. The van der Waals surface area contributed by atoms with Gasteiger partial charge in [-0.3, -0.25) is 9.79 Å². The zero-order valence-electron chi connectivity index (χ0n) is 19.1. The van der Waals surface area contributed by atoms with Gasteiger partial charge in [-0.15, -0.1) is 11.8 Å². The average Bonchev–Trinajstić information content (AvgIpc) is 3.35. The average molecular weight is 494 g/mol. The van der Waals surface area contributed by atoms with E-state index in [2.05, 4.69) is 25.4 Å². The highest BCUT2D eigenvalue weighted by atomic mass is 32.2. The van der Waals surface area contributed by atoms with Gasteiger partial charge >= 0.3 is 0 Å². The van der Waals surface area contributed by atoms with Crippen LogP contribution in [0.15, 0.2) is 48.2 Å². The number of hydrogen-bond acceptors (Lipinski definition) is 8. The Morgan fingerprint density at radius 2 is 2.14 bits per heavy atom. The third-order valence-electron chi connectivity index (χ3n) is 6.74. The summed E-state index contributed by atoms with van der Waals surface area (Å²) in [7, 11) is 0. The standard InChI is InChI=1S/C24H24FN7O2S/c1-14-31-24(8-18(34-17-3-4-17)6-15(24)11-35-14)19-7-16(2-5-20(19)25)30-23(33)21-9-28-22(10-27-21)32-13-26-12-29-32/h2,5,7,9-10,12-13,15,17-18H,3-4,6,8,11H2,1H3,(H,30,33)/t15-,18-,24-/m0/s1. The van der Waals surface area contributed by atoms with Gasteiger partial charge in [-0.05, 0) is 44.4 Å². The van der Waals surface area contributed by atoms with Crippen LogP contribution in [0.4, 0.5) is 10.1 Å². The molecule has 180 valence electrons. The van der Waals surface area contributed by atoms with E-state index in [1.165, 1.54) is 35.8 Å². The summed E-state index contributed by atoms with van der Waals surface area (Å²) in [6, 6.07) is 4.67. The van der Waals surface area contributed by atoms with Crippen molar-refractivity contribution in [1.29, 1.82) is 0 Å². The first-order valence-corrected chi connectivity index (χ1v) is 12.6. The summed E-state index contributed by atoms with van der Waals surface area (Å²) in [5, 5.41) is 7.77. The molecule has 35 heavy (non-hydrogen) atoms. The predicted octanol–water partition coefficient (Wildman–Crippen LogP) is 3.77. The number of carbonyl (C=O) groups is 1. The van der Waals surface area contributed by atoms with Gasteiger partial charge in [0, 0.05) is 29.3 Å². The molecule has 6 rings (SSSR count). The molecule has 2 fully saturated rings. The summed E-state index contributed by atoms with van der Waals surface area (Å²) in [5.41, 5.74) is 0.449. The number of amides is 1. The number of nitrogens with zero attached hydrogens (tertiary/aromatic N) is 6. The number of aromatic nitrogens is 5. The number of ether oxygens (including phenoxy) is 1. The van der Waals surface area contributed by atoms with Crippen molar-refractivity contribution in [1.82, 2.24) is 24.7 Å². The van der Waals surface area contributed by atoms with Crippen LogP contribution in [0.3, 0.4) is 0 Å². The van der Waals surface area contributed by atoms with E-state index in [0.29, 0.717) is 29.6 Å². The molecule has 2 aliphatic carbocycles. The number of nitrogens with one attached hydrogen (secondary N) is 1. The third kappa shape index (κ3) is 4.34. The maximum absolute atomic E-state index is 15.3. The summed E-state index contributed by atoms with van der Waals surface area (Å²) < 4.78 is 23.0. The number of benzene rings is 1. The molecule has 0 unspecified atom stereocenters. The lowest BCUT2D eigenvalue weighted by Gasteiger charge is -2.36. The van der Waals surface area contributed by atoms with Gasteiger partial charge in [0.15, 0.2) is 5.82 Å². The lowest BCUT2D eigenvalue weighted by molar-refractivity contribution is 0.0401. The molecular formula is C24H24FN7O2S. The monoisotopic (exact) mass is 493 g/mol. The summed E-state index contributed by atoms with van der Waals surface area (Å²) in [6.45, 7) is 1.98. The van der Waals surface area contributed by atoms with E-state index in [4.69, 9.17) is 9.73 Å². The Morgan fingerprint density at radius 1 is 1.26 bits per heavy atom. The Kier molecular flexibility index (Phi) is 5.60. The Labute approximate surface area is 205 Å². The van der Waals surface area contributed by atoms with Crippen LogP contribution < -0.4 is 5.32 Å². The fraction of sp³-hybridized carbons (Fsp3) is 0.417. The molecule has 1 aromatic carbocycles. The highest BCUT2D eigenvalue weighted by molar-refractivity contribution is 8.13. The summed E-state index contributed by atoms with van der Waals surface area (Å²) >= 11 is 1.72. The first-order valence-electron chi connectivity index (χ1n) is 11.6. The fourth-order valence-electron chi connectivity index (χ4n) is 4.97. The van der Waals surface area contributed by atoms with Crippen LogP contribution in [0.1, 0.15) is 48.7 Å². The Balaban J connectivity index is 1.26. The van der Waals surface area contributed by atoms with Gasteiger partial charge in [0.05, 0.1) is 35.2 Å². The second-order valence-electron chi connectivity index (χ2n) is 9.21. The van der Waals surface area contributed by atoms with E-state index in [1.54, 1.807) is 23.9 Å². The molecule has 1 N–H and O–H groups in total. The lowest BCUT2D eigenvalue weighted by Crippen LogP contribution is -2.35. The number of rotatable bonds is 6. The molecule has 9 nitrogen and oxygen atoms in total. The van der Waals surface area contributed by atoms with E-state index >= 15 is 4.39 Å². The van der Waals surface area contributed by atoms with E-state index in [-0.39, 0.29) is 23.5 Å². The maximum atomic E-state index is 15.3. The fourth-order valence-corrected chi connectivity index (χ4v) is 6.05. The quantitative estimate of drug-likeness (QED) is 0.557. The zero-order chi connectivity index (χ0) is 24.0. The molecule has 3 atom stereocenters. The third-order valence-corrected chi connectivity index (χ3v) is 7.81. The first-order chi connectivity index (χ1) is 17.0. The topological polar surface area (TPSA) is 107 Å². The molecule has 1 amide bonds. The van der Waals surface area contributed by atoms with Crippen molar-refractivity contribution < 1.29 is 13.9 Å². The molecule has 2 aromatic heterocycles. The smallest absolute Gasteiger partial charge is 0.275 e. The number of aliphatic imine (C=N–C) groups is 1. The SMILES string of the molecule is CC1=N[C@@]2(c3cc(NC(=O)c4cnc(-n5cncn5)cn4)ccc3F)C[C@@H](OC3CC3)C[C@H]2CS1. The van der Waals surface area contributed by atoms with Crippen molar-refractivity contribution in [3.63, 3.8) is 0 Å². The Morgan fingerprint density at radius 3 is 2.89 bits per heavy atom. The number of thioether (sulfide) groups is 1. The van der Waals surface area contributed by atoms with E-state index in [9.17, 15) is 4.79 Å². The molecule has 0 saturated heterocycles. The summed E-state index contributed by atoms with van der Waals surface area (Å²) in [5.74, 6) is 0.746.